The SMILES string of the molecule is CC(=O)OC1=C[C@]2(C)[C@H]3CC=C4[C@@H]5CC(C)(C)CC[C@]5(C(=O)NO)CC[C@@]4(C)[C@]3(C)CC[C@H]2C(C)(C)C1=O. The van der Waals surface area contributed by atoms with Gasteiger partial charge in [0.15, 0.2) is 5.76 Å². The Labute approximate surface area is 228 Å². The van der Waals surface area contributed by atoms with E-state index < -0.39 is 16.8 Å². The second-order valence-electron chi connectivity index (χ2n) is 15.3. The van der Waals surface area contributed by atoms with Crippen molar-refractivity contribution in [2.45, 2.75) is 107 Å². The first-order valence-corrected chi connectivity index (χ1v) is 14.6. The minimum atomic E-state index is -0.616. The minimum Gasteiger partial charge on any atom is -0.423 e. The van der Waals surface area contributed by atoms with Crippen molar-refractivity contribution >= 4 is 17.7 Å². The number of Topliss-reactive ketones (excluding diaryl/α,β-unsaturated/α-hetero) is 1. The van der Waals surface area contributed by atoms with Gasteiger partial charge in [0.2, 0.25) is 11.7 Å². The molecule has 210 valence electrons. The van der Waals surface area contributed by atoms with Gasteiger partial charge in [0.25, 0.3) is 0 Å². The molecule has 0 aromatic heterocycles. The van der Waals surface area contributed by atoms with Crippen LogP contribution < -0.4 is 5.48 Å². The molecule has 0 saturated heterocycles. The summed E-state index contributed by atoms with van der Waals surface area (Å²) in [6.45, 7) is 17.2. The van der Waals surface area contributed by atoms with Crippen LogP contribution in [0.5, 0.6) is 0 Å². The number of esters is 1. The molecule has 38 heavy (non-hydrogen) atoms. The number of amides is 1. The number of ether oxygens (including phenoxy) is 1. The largest absolute Gasteiger partial charge is 0.423 e. The molecule has 3 saturated carbocycles. The van der Waals surface area contributed by atoms with Crippen LogP contribution in [-0.2, 0) is 19.1 Å². The lowest BCUT2D eigenvalue weighted by molar-refractivity contribution is -0.172. The predicted molar refractivity (Wildman–Crippen MR) is 145 cm³/mol. The molecule has 6 heteroatoms. The summed E-state index contributed by atoms with van der Waals surface area (Å²) in [5.74, 6) is 0.0126. The second kappa shape index (κ2) is 8.28. The fourth-order valence-electron chi connectivity index (χ4n) is 10.4. The molecule has 5 aliphatic carbocycles. The average molecular weight is 526 g/mol. The second-order valence-corrected chi connectivity index (χ2v) is 15.3. The molecule has 1 amide bonds. The Morgan fingerprint density at radius 3 is 2.26 bits per heavy atom. The molecule has 2 N–H and O–H groups in total. The fraction of sp³-hybridized carbons (Fsp3) is 0.781. The molecule has 0 spiro atoms. The molecule has 0 bridgehead atoms. The Bertz CT molecular complexity index is 1150. The van der Waals surface area contributed by atoms with Crippen molar-refractivity contribution < 1.29 is 24.3 Å². The van der Waals surface area contributed by atoms with Crippen LogP contribution in [-0.4, -0.2) is 22.9 Å². The topological polar surface area (TPSA) is 92.7 Å². The summed E-state index contributed by atoms with van der Waals surface area (Å²) in [5.41, 5.74) is 2.00. The third-order valence-electron chi connectivity index (χ3n) is 12.7. The van der Waals surface area contributed by atoms with Crippen molar-refractivity contribution in [2.24, 2.45) is 50.2 Å². The maximum atomic E-state index is 13.4. The molecule has 0 aliphatic heterocycles. The maximum Gasteiger partial charge on any atom is 0.308 e. The molecule has 3 fully saturated rings. The van der Waals surface area contributed by atoms with Gasteiger partial charge in [0.05, 0.1) is 5.41 Å². The van der Waals surface area contributed by atoms with E-state index in [0.717, 1.165) is 51.4 Å². The van der Waals surface area contributed by atoms with Gasteiger partial charge in [-0.1, -0.05) is 60.1 Å². The van der Waals surface area contributed by atoms with Crippen LogP contribution in [0.3, 0.4) is 0 Å². The molecule has 0 unspecified atom stereocenters. The highest BCUT2D eigenvalue weighted by atomic mass is 16.5. The van der Waals surface area contributed by atoms with Gasteiger partial charge in [-0.2, -0.15) is 0 Å². The molecule has 7 atom stereocenters. The Hall–Kier alpha value is -1.95. The number of rotatable bonds is 2. The van der Waals surface area contributed by atoms with E-state index in [2.05, 4.69) is 46.2 Å². The lowest BCUT2D eigenvalue weighted by Crippen LogP contribution is -2.64. The summed E-state index contributed by atoms with van der Waals surface area (Å²) in [5, 5.41) is 9.78. The van der Waals surface area contributed by atoms with Crippen LogP contribution >= 0.6 is 0 Å². The summed E-state index contributed by atoms with van der Waals surface area (Å²) in [6.07, 6.45) is 11.7. The zero-order valence-electron chi connectivity index (χ0n) is 24.6. The van der Waals surface area contributed by atoms with Crippen molar-refractivity contribution in [1.82, 2.24) is 5.48 Å². The summed E-state index contributed by atoms with van der Waals surface area (Å²) < 4.78 is 5.53. The first-order valence-electron chi connectivity index (χ1n) is 14.6. The molecule has 5 rings (SSSR count). The van der Waals surface area contributed by atoms with Gasteiger partial charge in [-0.15, -0.1) is 0 Å². The zero-order chi connectivity index (χ0) is 28.1. The summed E-state index contributed by atoms with van der Waals surface area (Å²) in [7, 11) is 0. The third-order valence-corrected chi connectivity index (χ3v) is 12.7. The molecule has 0 heterocycles. The first kappa shape index (κ1) is 27.6. The quantitative estimate of drug-likeness (QED) is 0.185. The summed E-state index contributed by atoms with van der Waals surface area (Å²) in [4.78, 5) is 38.7. The van der Waals surface area contributed by atoms with Crippen LogP contribution in [0.15, 0.2) is 23.5 Å². The van der Waals surface area contributed by atoms with Crippen LogP contribution in [0, 0.1) is 50.2 Å². The molecule has 5 aliphatic rings. The van der Waals surface area contributed by atoms with Gasteiger partial charge >= 0.3 is 5.97 Å². The first-order chi connectivity index (χ1) is 17.5. The number of allylic oxidation sites excluding steroid dienone is 4. The van der Waals surface area contributed by atoms with E-state index >= 15 is 0 Å². The Morgan fingerprint density at radius 2 is 1.63 bits per heavy atom. The number of nitrogens with one attached hydrogen (secondary N) is 1. The summed E-state index contributed by atoms with van der Waals surface area (Å²) in [6, 6.07) is 0. The number of hydroxylamine groups is 1. The molecular formula is C32H47NO5. The van der Waals surface area contributed by atoms with E-state index in [1.54, 1.807) is 0 Å². The van der Waals surface area contributed by atoms with E-state index in [9.17, 15) is 19.6 Å². The van der Waals surface area contributed by atoms with Crippen molar-refractivity contribution in [3.05, 3.63) is 23.5 Å². The van der Waals surface area contributed by atoms with E-state index in [1.807, 2.05) is 19.9 Å². The molecule has 0 radical (unpaired) electrons. The number of carbonyl (C=O) groups excluding carboxylic acids is 3. The van der Waals surface area contributed by atoms with Crippen molar-refractivity contribution in [1.29, 1.82) is 0 Å². The Kier molecular flexibility index (Phi) is 6.02. The Balaban J connectivity index is 1.64. The predicted octanol–water partition coefficient (Wildman–Crippen LogP) is 6.53. The molecule has 6 nitrogen and oxygen atoms in total. The highest BCUT2D eigenvalue weighted by Gasteiger charge is 2.69. The lowest BCUT2D eigenvalue weighted by atomic mass is 9.34. The molecule has 0 aromatic carbocycles. The van der Waals surface area contributed by atoms with Gasteiger partial charge in [-0.3, -0.25) is 19.6 Å². The summed E-state index contributed by atoms with van der Waals surface area (Å²) >= 11 is 0. The Morgan fingerprint density at radius 1 is 0.974 bits per heavy atom. The lowest BCUT2D eigenvalue weighted by Gasteiger charge is -2.69. The number of hydrogen-bond acceptors (Lipinski definition) is 5. The number of carbonyl (C=O) groups is 3. The van der Waals surface area contributed by atoms with Gasteiger partial charge in [0.1, 0.15) is 0 Å². The van der Waals surface area contributed by atoms with Gasteiger partial charge in [0, 0.05) is 12.3 Å². The van der Waals surface area contributed by atoms with Crippen LogP contribution in [0.4, 0.5) is 0 Å². The number of ketones is 1. The van der Waals surface area contributed by atoms with Crippen LogP contribution in [0.2, 0.25) is 0 Å². The normalized spacial score (nSPS) is 44.8. The average Bonchev–Trinajstić information content (AvgIpc) is 2.81. The van der Waals surface area contributed by atoms with Crippen molar-refractivity contribution in [3.63, 3.8) is 0 Å². The fourth-order valence-corrected chi connectivity index (χ4v) is 10.4. The smallest absolute Gasteiger partial charge is 0.308 e. The highest BCUT2D eigenvalue weighted by molar-refractivity contribution is 6.00. The van der Waals surface area contributed by atoms with Gasteiger partial charge in [-0.05, 0) is 96.9 Å². The number of fused-ring (bicyclic) bond motifs is 7. The zero-order valence-corrected chi connectivity index (χ0v) is 24.6. The standard InChI is InChI=1S/C32H47NO5/c1-19(34)38-22-18-29(6)23(28(4,5)25(22)35)11-12-31(8)24(29)10-9-20-21-17-27(2,3)13-15-32(21,26(36)33-37)16-14-30(20,31)7/h9,18,21,23-24,37H,10-17H2,1-8H3,(H,33,36)/t21-,23-,24+,29-,30+,31+,32-/m0/s1. The van der Waals surface area contributed by atoms with E-state index in [0.29, 0.717) is 0 Å². The minimum absolute atomic E-state index is 0.0416. The van der Waals surface area contributed by atoms with E-state index in [4.69, 9.17) is 4.74 Å². The van der Waals surface area contributed by atoms with Crippen LogP contribution in [0.25, 0.3) is 0 Å². The van der Waals surface area contributed by atoms with Gasteiger partial charge < -0.3 is 4.74 Å². The molecule has 0 aromatic rings. The molecular weight excluding hydrogens is 478 g/mol. The highest BCUT2D eigenvalue weighted by Crippen LogP contribution is 2.75. The maximum absolute atomic E-state index is 13.4. The monoisotopic (exact) mass is 525 g/mol. The van der Waals surface area contributed by atoms with E-state index in [-0.39, 0.29) is 56.9 Å². The third kappa shape index (κ3) is 3.44. The van der Waals surface area contributed by atoms with Crippen molar-refractivity contribution in [3.8, 4) is 0 Å². The number of hydrogen-bond donors (Lipinski definition) is 2. The van der Waals surface area contributed by atoms with Crippen molar-refractivity contribution in [2.75, 3.05) is 0 Å². The van der Waals surface area contributed by atoms with E-state index in [1.165, 1.54) is 12.5 Å². The van der Waals surface area contributed by atoms with Crippen LogP contribution in [0.1, 0.15) is 107 Å². The van der Waals surface area contributed by atoms with Gasteiger partial charge in [-0.25, -0.2) is 5.48 Å².